The lowest BCUT2D eigenvalue weighted by Crippen LogP contribution is -2.40. The van der Waals surface area contributed by atoms with E-state index in [4.69, 9.17) is 5.73 Å². The van der Waals surface area contributed by atoms with Gasteiger partial charge in [-0.25, -0.2) is 0 Å². The maximum absolute atomic E-state index is 10.9. The minimum absolute atomic E-state index is 0.0472. The van der Waals surface area contributed by atoms with Gasteiger partial charge in [0.25, 0.3) is 0 Å². The second-order valence-electron chi connectivity index (χ2n) is 2.28. The van der Waals surface area contributed by atoms with E-state index in [1.807, 2.05) is 0 Å². The molecule has 1 aliphatic rings. The highest BCUT2D eigenvalue weighted by atomic mass is 32.2. The molecule has 0 aromatic carbocycles. The summed E-state index contributed by atoms with van der Waals surface area (Å²) in [4.78, 5) is 21.6. The summed E-state index contributed by atoms with van der Waals surface area (Å²) in [7, 11) is 0. The number of nitrogens with two attached hydrogens (primary N) is 1. The molecular formula is C6H10N2O2S. The summed E-state index contributed by atoms with van der Waals surface area (Å²) in [6.07, 6.45) is 0.731. The maximum atomic E-state index is 10.9. The number of rotatable bonds is 2. The smallest absolute Gasteiger partial charge is 0.234 e. The summed E-state index contributed by atoms with van der Waals surface area (Å²) in [5, 5.41) is 2.59. The molecule has 11 heavy (non-hydrogen) atoms. The van der Waals surface area contributed by atoms with Crippen LogP contribution in [0.25, 0.3) is 0 Å². The molecular weight excluding hydrogens is 164 g/mol. The molecule has 62 valence electrons. The van der Waals surface area contributed by atoms with E-state index >= 15 is 0 Å². The lowest BCUT2D eigenvalue weighted by atomic mass is 10.2. The van der Waals surface area contributed by atoms with Gasteiger partial charge in [0.05, 0.1) is 12.6 Å². The number of hydrogen-bond donors (Lipinski definition) is 2. The Hall–Kier alpha value is -0.550. The fraction of sp³-hybridized carbons (Fsp3) is 0.667. The average molecular weight is 174 g/mol. The fourth-order valence-corrected chi connectivity index (χ4v) is 1.81. The van der Waals surface area contributed by atoms with Crippen LogP contribution in [0.15, 0.2) is 0 Å². The number of thioether (sulfide) groups is 1. The lowest BCUT2D eigenvalue weighted by molar-refractivity contribution is -0.123. The van der Waals surface area contributed by atoms with Crippen molar-refractivity contribution in [2.45, 2.75) is 12.5 Å². The van der Waals surface area contributed by atoms with Crippen LogP contribution in [0.5, 0.6) is 0 Å². The van der Waals surface area contributed by atoms with E-state index in [1.54, 1.807) is 0 Å². The van der Waals surface area contributed by atoms with Crippen molar-refractivity contribution in [3.63, 3.8) is 0 Å². The van der Waals surface area contributed by atoms with E-state index in [9.17, 15) is 9.59 Å². The number of nitrogens with one attached hydrogen (secondary N) is 1. The third-order valence-electron chi connectivity index (χ3n) is 1.46. The minimum atomic E-state index is -0.295. The molecule has 0 aromatic rings. The predicted molar refractivity (Wildman–Crippen MR) is 43.1 cm³/mol. The number of hydrogen-bond acceptors (Lipinski definition) is 4. The summed E-state index contributed by atoms with van der Waals surface area (Å²) in [5.41, 5.74) is 5.07. The second kappa shape index (κ2) is 3.73. The predicted octanol–water partition coefficient (Wildman–Crippen LogP) is -0.907. The Labute approximate surface area is 68.9 Å². The molecule has 0 aromatic heterocycles. The highest BCUT2D eigenvalue weighted by molar-refractivity contribution is 8.14. The van der Waals surface area contributed by atoms with Gasteiger partial charge in [-0.3, -0.25) is 9.59 Å². The molecule has 4 nitrogen and oxygen atoms in total. The second-order valence-corrected chi connectivity index (χ2v) is 3.38. The Morgan fingerprint density at radius 3 is 3.00 bits per heavy atom. The Kier molecular flexibility index (Phi) is 2.90. The van der Waals surface area contributed by atoms with Gasteiger partial charge in [0.1, 0.15) is 0 Å². The molecule has 1 heterocycles. The normalized spacial score (nSPS) is 23.7. The van der Waals surface area contributed by atoms with Gasteiger partial charge in [-0.2, -0.15) is 0 Å². The van der Waals surface area contributed by atoms with Crippen LogP contribution in [0.4, 0.5) is 0 Å². The number of amides is 1. The van der Waals surface area contributed by atoms with Gasteiger partial charge >= 0.3 is 0 Å². The summed E-state index contributed by atoms with van der Waals surface area (Å²) >= 11 is 1.26. The standard InChI is InChI=1S/C6H10N2O2S/c7-3-5(9)8-4-1-2-11-6(4)10/h4H,1-3,7H2,(H,8,9). The number of carbonyl (C=O) groups is 2. The highest BCUT2D eigenvalue weighted by Gasteiger charge is 2.25. The van der Waals surface area contributed by atoms with Crippen molar-refractivity contribution in [3.8, 4) is 0 Å². The molecule has 0 aliphatic carbocycles. The molecule has 3 N–H and O–H groups in total. The van der Waals surface area contributed by atoms with E-state index in [-0.39, 0.29) is 23.6 Å². The van der Waals surface area contributed by atoms with E-state index in [2.05, 4.69) is 5.32 Å². The first-order valence-electron chi connectivity index (χ1n) is 3.40. The SMILES string of the molecule is NCC(=O)NC1CCSC1=O. The van der Waals surface area contributed by atoms with E-state index in [0.717, 1.165) is 12.2 Å². The zero-order valence-electron chi connectivity index (χ0n) is 6.00. The van der Waals surface area contributed by atoms with Crippen molar-refractivity contribution < 1.29 is 9.59 Å². The van der Waals surface area contributed by atoms with Gasteiger partial charge in [0.2, 0.25) is 11.0 Å². The molecule has 1 fully saturated rings. The average Bonchev–Trinajstić information content (AvgIpc) is 2.37. The molecule has 0 radical (unpaired) electrons. The molecule has 0 bridgehead atoms. The Morgan fingerprint density at radius 2 is 2.55 bits per heavy atom. The lowest BCUT2D eigenvalue weighted by Gasteiger charge is -2.07. The van der Waals surface area contributed by atoms with Crippen molar-refractivity contribution in [2.24, 2.45) is 5.73 Å². The summed E-state index contributed by atoms with van der Waals surface area (Å²) in [6, 6.07) is -0.295. The molecule has 0 saturated carbocycles. The zero-order chi connectivity index (χ0) is 8.27. The van der Waals surface area contributed by atoms with E-state index < -0.39 is 0 Å². The van der Waals surface area contributed by atoms with Crippen molar-refractivity contribution in [1.29, 1.82) is 0 Å². The third-order valence-corrected chi connectivity index (χ3v) is 2.46. The monoisotopic (exact) mass is 174 g/mol. The molecule has 1 amide bonds. The molecule has 1 atom stereocenters. The molecule has 5 heteroatoms. The van der Waals surface area contributed by atoms with Gasteiger partial charge in [-0.1, -0.05) is 11.8 Å². The first-order valence-corrected chi connectivity index (χ1v) is 4.38. The van der Waals surface area contributed by atoms with E-state index in [1.165, 1.54) is 11.8 Å². The Bertz CT molecular complexity index is 183. The fourth-order valence-electron chi connectivity index (χ4n) is 0.880. The van der Waals surface area contributed by atoms with Gasteiger partial charge in [-0.05, 0) is 6.42 Å². The van der Waals surface area contributed by atoms with Crippen LogP contribution in [0.3, 0.4) is 0 Å². The van der Waals surface area contributed by atoms with Gasteiger partial charge in [-0.15, -0.1) is 0 Å². The van der Waals surface area contributed by atoms with Crippen LogP contribution < -0.4 is 11.1 Å². The number of carbonyl (C=O) groups excluding carboxylic acids is 2. The van der Waals surface area contributed by atoms with Crippen LogP contribution in [0, 0.1) is 0 Å². The summed E-state index contributed by atoms with van der Waals surface area (Å²) in [6.45, 7) is -0.0472. The molecule has 1 rings (SSSR count). The van der Waals surface area contributed by atoms with Crippen molar-refractivity contribution in [3.05, 3.63) is 0 Å². The first kappa shape index (κ1) is 8.55. The molecule has 0 spiro atoms. The quantitative estimate of drug-likeness (QED) is 0.568. The minimum Gasteiger partial charge on any atom is -0.344 e. The maximum Gasteiger partial charge on any atom is 0.234 e. The van der Waals surface area contributed by atoms with Crippen LogP contribution in [0.2, 0.25) is 0 Å². The molecule has 1 unspecified atom stereocenters. The van der Waals surface area contributed by atoms with Crippen LogP contribution >= 0.6 is 11.8 Å². The molecule has 1 aliphatic heterocycles. The van der Waals surface area contributed by atoms with Gasteiger partial charge < -0.3 is 11.1 Å². The van der Waals surface area contributed by atoms with E-state index in [0.29, 0.717) is 0 Å². The van der Waals surface area contributed by atoms with Gasteiger partial charge in [0, 0.05) is 5.75 Å². The summed E-state index contributed by atoms with van der Waals surface area (Å²) in [5.74, 6) is 0.541. The van der Waals surface area contributed by atoms with Crippen molar-refractivity contribution >= 4 is 22.8 Å². The molecule has 1 saturated heterocycles. The van der Waals surface area contributed by atoms with Crippen molar-refractivity contribution in [1.82, 2.24) is 5.32 Å². The highest BCUT2D eigenvalue weighted by Crippen LogP contribution is 2.18. The Morgan fingerprint density at radius 1 is 1.82 bits per heavy atom. The Balaban J connectivity index is 2.36. The first-order chi connectivity index (χ1) is 5.24. The van der Waals surface area contributed by atoms with Crippen LogP contribution in [-0.4, -0.2) is 29.4 Å². The van der Waals surface area contributed by atoms with Crippen molar-refractivity contribution in [2.75, 3.05) is 12.3 Å². The largest absolute Gasteiger partial charge is 0.344 e. The zero-order valence-corrected chi connectivity index (χ0v) is 6.82. The van der Waals surface area contributed by atoms with Gasteiger partial charge in [0.15, 0.2) is 0 Å². The third kappa shape index (κ3) is 2.20. The summed E-state index contributed by atoms with van der Waals surface area (Å²) < 4.78 is 0. The van der Waals surface area contributed by atoms with Crippen LogP contribution in [0.1, 0.15) is 6.42 Å². The topological polar surface area (TPSA) is 72.2 Å². The van der Waals surface area contributed by atoms with Crippen LogP contribution in [-0.2, 0) is 9.59 Å².